The first-order chi connectivity index (χ1) is 6.34. The number of benzene rings is 1. The predicted octanol–water partition coefficient (Wildman–Crippen LogP) is 1.95. The summed E-state index contributed by atoms with van der Waals surface area (Å²) in [5.41, 5.74) is 0.417. The van der Waals surface area contributed by atoms with Gasteiger partial charge < -0.3 is 5.11 Å². The Morgan fingerprint density at radius 3 is 2.77 bits per heavy atom. The van der Waals surface area contributed by atoms with Gasteiger partial charge in [0.05, 0.1) is 5.56 Å². The summed E-state index contributed by atoms with van der Waals surface area (Å²) in [6.07, 6.45) is 1.24. The second kappa shape index (κ2) is 5.34. The van der Waals surface area contributed by atoms with E-state index in [4.69, 9.17) is 5.11 Å². The Kier molecular flexibility index (Phi) is 4.01. The molecule has 0 fully saturated rings. The average molecular weight is 178 g/mol. The van der Waals surface area contributed by atoms with Crippen molar-refractivity contribution in [3.63, 3.8) is 0 Å². The van der Waals surface area contributed by atoms with Gasteiger partial charge in [0.1, 0.15) is 5.82 Å². The molecular formula is C11H11FO. The Labute approximate surface area is 77.2 Å². The Balaban J connectivity index is 2.61. The average Bonchev–Trinajstić information content (AvgIpc) is 2.15. The van der Waals surface area contributed by atoms with Gasteiger partial charge in [0.15, 0.2) is 0 Å². The minimum Gasteiger partial charge on any atom is -0.396 e. The molecule has 0 aliphatic rings. The molecule has 1 aromatic carbocycles. The Morgan fingerprint density at radius 2 is 2.08 bits per heavy atom. The first-order valence-electron chi connectivity index (χ1n) is 4.19. The maximum absolute atomic E-state index is 12.9. The van der Waals surface area contributed by atoms with E-state index in [0.717, 1.165) is 0 Å². The van der Waals surface area contributed by atoms with Gasteiger partial charge in [0, 0.05) is 13.0 Å². The Hall–Kier alpha value is -1.33. The first kappa shape index (κ1) is 9.76. The van der Waals surface area contributed by atoms with Crippen LogP contribution in [0.1, 0.15) is 18.4 Å². The van der Waals surface area contributed by atoms with E-state index in [0.29, 0.717) is 18.4 Å². The van der Waals surface area contributed by atoms with E-state index in [1.807, 2.05) is 0 Å². The van der Waals surface area contributed by atoms with Crippen LogP contribution in [0.15, 0.2) is 24.3 Å². The van der Waals surface area contributed by atoms with Crippen molar-refractivity contribution >= 4 is 0 Å². The van der Waals surface area contributed by atoms with Crippen molar-refractivity contribution in [2.75, 3.05) is 6.61 Å². The fourth-order valence-electron chi connectivity index (χ4n) is 0.888. The van der Waals surface area contributed by atoms with Crippen molar-refractivity contribution < 1.29 is 9.50 Å². The van der Waals surface area contributed by atoms with Crippen molar-refractivity contribution in [2.24, 2.45) is 0 Å². The molecule has 1 nitrogen and oxygen atoms in total. The third-order valence-electron chi connectivity index (χ3n) is 1.56. The zero-order valence-electron chi connectivity index (χ0n) is 7.26. The summed E-state index contributed by atoms with van der Waals surface area (Å²) in [6.45, 7) is 0.131. The minimum absolute atomic E-state index is 0.131. The van der Waals surface area contributed by atoms with Crippen LogP contribution in [0.2, 0.25) is 0 Å². The molecule has 0 spiro atoms. The number of hydrogen-bond donors (Lipinski definition) is 1. The van der Waals surface area contributed by atoms with Crippen LogP contribution in [-0.4, -0.2) is 11.7 Å². The highest BCUT2D eigenvalue weighted by Crippen LogP contribution is 2.03. The van der Waals surface area contributed by atoms with Gasteiger partial charge in [-0.2, -0.15) is 0 Å². The molecule has 2 heteroatoms. The van der Waals surface area contributed by atoms with E-state index < -0.39 is 0 Å². The summed E-state index contributed by atoms with van der Waals surface area (Å²) in [7, 11) is 0. The SMILES string of the molecule is OCCCC#Cc1ccccc1F. The molecule has 1 aromatic rings. The molecule has 13 heavy (non-hydrogen) atoms. The highest BCUT2D eigenvalue weighted by Gasteiger charge is 1.93. The number of hydrogen-bond acceptors (Lipinski definition) is 1. The fourth-order valence-corrected chi connectivity index (χ4v) is 0.888. The van der Waals surface area contributed by atoms with Crippen molar-refractivity contribution in [1.82, 2.24) is 0 Å². The van der Waals surface area contributed by atoms with Gasteiger partial charge in [-0.1, -0.05) is 24.0 Å². The van der Waals surface area contributed by atoms with Crippen LogP contribution in [-0.2, 0) is 0 Å². The molecule has 68 valence electrons. The molecule has 0 radical (unpaired) electrons. The van der Waals surface area contributed by atoms with Gasteiger partial charge in [-0.15, -0.1) is 0 Å². The Bertz CT molecular complexity index is 322. The maximum Gasteiger partial charge on any atom is 0.138 e. The van der Waals surface area contributed by atoms with E-state index in [9.17, 15) is 4.39 Å². The number of aliphatic hydroxyl groups is 1. The monoisotopic (exact) mass is 178 g/mol. The van der Waals surface area contributed by atoms with Crippen molar-refractivity contribution in [3.05, 3.63) is 35.6 Å². The van der Waals surface area contributed by atoms with Gasteiger partial charge in [0.2, 0.25) is 0 Å². The molecule has 0 saturated carbocycles. The first-order valence-corrected chi connectivity index (χ1v) is 4.19. The smallest absolute Gasteiger partial charge is 0.138 e. The molecule has 0 bridgehead atoms. The second-order valence-electron chi connectivity index (χ2n) is 2.61. The molecular weight excluding hydrogens is 167 g/mol. The quantitative estimate of drug-likeness (QED) is 0.542. The molecule has 0 atom stereocenters. The normalized spacial score (nSPS) is 9.08. The highest BCUT2D eigenvalue weighted by atomic mass is 19.1. The van der Waals surface area contributed by atoms with Crippen LogP contribution in [0.25, 0.3) is 0 Å². The molecule has 0 aliphatic heterocycles. The van der Waals surface area contributed by atoms with Gasteiger partial charge in [-0.05, 0) is 18.6 Å². The molecule has 1 N–H and O–H groups in total. The molecule has 0 heterocycles. The van der Waals surface area contributed by atoms with Gasteiger partial charge >= 0.3 is 0 Å². The summed E-state index contributed by atoms with van der Waals surface area (Å²) in [4.78, 5) is 0. The standard InChI is InChI=1S/C11H11FO/c12-11-8-4-3-7-10(11)6-2-1-5-9-13/h3-4,7-8,13H,1,5,9H2. The third-order valence-corrected chi connectivity index (χ3v) is 1.56. The van der Waals surface area contributed by atoms with Crippen LogP contribution >= 0.6 is 0 Å². The van der Waals surface area contributed by atoms with E-state index in [2.05, 4.69) is 11.8 Å². The highest BCUT2D eigenvalue weighted by molar-refractivity contribution is 5.34. The van der Waals surface area contributed by atoms with E-state index >= 15 is 0 Å². The van der Waals surface area contributed by atoms with Crippen LogP contribution in [0.4, 0.5) is 4.39 Å². The van der Waals surface area contributed by atoms with Gasteiger partial charge in [0.25, 0.3) is 0 Å². The summed E-state index contributed by atoms with van der Waals surface area (Å²) in [5, 5.41) is 8.48. The van der Waals surface area contributed by atoms with E-state index in [1.165, 1.54) is 6.07 Å². The van der Waals surface area contributed by atoms with Crippen LogP contribution < -0.4 is 0 Å². The summed E-state index contributed by atoms with van der Waals surface area (Å²) >= 11 is 0. The fraction of sp³-hybridized carbons (Fsp3) is 0.273. The van der Waals surface area contributed by atoms with E-state index in [-0.39, 0.29) is 12.4 Å². The van der Waals surface area contributed by atoms with Crippen molar-refractivity contribution in [2.45, 2.75) is 12.8 Å². The van der Waals surface area contributed by atoms with Crippen LogP contribution in [0.5, 0.6) is 0 Å². The second-order valence-corrected chi connectivity index (χ2v) is 2.61. The van der Waals surface area contributed by atoms with Crippen molar-refractivity contribution in [1.29, 1.82) is 0 Å². The zero-order valence-corrected chi connectivity index (χ0v) is 7.26. The lowest BCUT2D eigenvalue weighted by Gasteiger charge is -1.91. The molecule has 1 rings (SSSR count). The van der Waals surface area contributed by atoms with Gasteiger partial charge in [-0.25, -0.2) is 4.39 Å². The number of aliphatic hydroxyl groups excluding tert-OH is 1. The van der Waals surface area contributed by atoms with E-state index in [1.54, 1.807) is 18.2 Å². The van der Waals surface area contributed by atoms with Crippen molar-refractivity contribution in [3.8, 4) is 11.8 Å². The summed E-state index contributed by atoms with van der Waals surface area (Å²) in [6, 6.07) is 6.41. The zero-order chi connectivity index (χ0) is 9.52. The largest absolute Gasteiger partial charge is 0.396 e. The number of halogens is 1. The summed E-state index contributed by atoms with van der Waals surface area (Å²) in [5.74, 6) is 5.21. The van der Waals surface area contributed by atoms with Crippen LogP contribution in [0, 0.1) is 17.7 Å². The van der Waals surface area contributed by atoms with Gasteiger partial charge in [-0.3, -0.25) is 0 Å². The molecule has 0 amide bonds. The third kappa shape index (κ3) is 3.27. The number of rotatable bonds is 2. The molecule has 0 aromatic heterocycles. The number of unbranched alkanes of at least 4 members (excludes halogenated alkanes) is 1. The lowest BCUT2D eigenvalue weighted by molar-refractivity contribution is 0.290. The lowest BCUT2D eigenvalue weighted by Crippen LogP contribution is -1.82. The molecule has 0 saturated heterocycles. The predicted molar refractivity (Wildman–Crippen MR) is 49.6 cm³/mol. The lowest BCUT2D eigenvalue weighted by atomic mass is 10.2. The maximum atomic E-state index is 12.9. The minimum atomic E-state index is -0.293. The molecule has 0 aliphatic carbocycles. The Morgan fingerprint density at radius 1 is 1.31 bits per heavy atom. The summed E-state index contributed by atoms with van der Waals surface area (Å²) < 4.78 is 12.9. The van der Waals surface area contributed by atoms with Crippen LogP contribution in [0.3, 0.4) is 0 Å². The molecule has 0 unspecified atom stereocenters. The topological polar surface area (TPSA) is 20.2 Å².